The molecule has 2 aliphatic carbocycles. The van der Waals surface area contributed by atoms with Gasteiger partial charge in [0.1, 0.15) is 0 Å². The van der Waals surface area contributed by atoms with E-state index in [2.05, 4.69) is 158 Å². The maximum Gasteiger partial charge on any atom is 0.163 e. The lowest BCUT2D eigenvalue weighted by Gasteiger charge is -2.35. The number of thiophene rings is 1. The van der Waals surface area contributed by atoms with Crippen LogP contribution >= 0.6 is 11.3 Å². The minimum atomic E-state index is -0.642. The molecule has 62 heavy (non-hydrogen) atoms. The normalized spacial score (nSPS) is 14.5. The van der Waals surface area contributed by atoms with Gasteiger partial charge in [-0.3, -0.25) is 0 Å². The van der Waals surface area contributed by atoms with E-state index in [1.54, 1.807) is 0 Å². The number of nitrogens with zero attached hydrogens (tertiary/aromatic N) is 4. The Hall–Kier alpha value is -7.86. The maximum atomic E-state index is 5.34. The van der Waals surface area contributed by atoms with Gasteiger partial charge in [-0.25, -0.2) is 19.9 Å². The van der Waals surface area contributed by atoms with Gasteiger partial charge in [0, 0.05) is 49.3 Å². The number of benzene rings is 8. The van der Waals surface area contributed by atoms with Gasteiger partial charge in [-0.2, -0.15) is 0 Å². The highest BCUT2D eigenvalue weighted by molar-refractivity contribution is 7.25. The topological polar surface area (TPSA) is 51.6 Å². The van der Waals surface area contributed by atoms with Crippen LogP contribution in [0.5, 0.6) is 0 Å². The average Bonchev–Trinajstić information content (AvgIpc) is 3.82. The minimum absolute atomic E-state index is 0.574. The van der Waals surface area contributed by atoms with Crippen molar-refractivity contribution in [3.63, 3.8) is 0 Å². The predicted octanol–water partition coefficient (Wildman–Crippen LogP) is 14.3. The fourth-order valence-corrected chi connectivity index (χ4v) is 11.3. The highest BCUT2D eigenvalue weighted by Crippen LogP contribution is 2.62. The molecule has 3 heterocycles. The van der Waals surface area contributed by atoms with E-state index in [-0.39, 0.29) is 0 Å². The highest BCUT2D eigenvalue weighted by Gasteiger charge is 2.50. The summed E-state index contributed by atoms with van der Waals surface area (Å²) in [6, 6.07) is 70.4. The first-order valence-corrected chi connectivity index (χ1v) is 21.8. The minimum Gasteiger partial charge on any atom is -0.236 e. The zero-order chi connectivity index (χ0) is 40.8. The van der Waals surface area contributed by atoms with E-state index in [0.717, 1.165) is 33.6 Å². The van der Waals surface area contributed by atoms with Gasteiger partial charge >= 0.3 is 0 Å². The number of fused-ring (bicyclic) bond motifs is 15. The summed E-state index contributed by atoms with van der Waals surface area (Å²) in [7, 11) is 0. The largest absolute Gasteiger partial charge is 0.236 e. The smallest absolute Gasteiger partial charge is 0.163 e. The van der Waals surface area contributed by atoms with E-state index in [4.69, 9.17) is 19.9 Å². The Morgan fingerprint density at radius 1 is 0.323 bits per heavy atom. The third kappa shape index (κ3) is 5.12. The van der Waals surface area contributed by atoms with Crippen LogP contribution in [0.3, 0.4) is 0 Å². The van der Waals surface area contributed by atoms with Crippen LogP contribution in [0.4, 0.5) is 0 Å². The van der Waals surface area contributed by atoms with Gasteiger partial charge in [0.15, 0.2) is 11.6 Å². The molecule has 3 aromatic heterocycles. The van der Waals surface area contributed by atoms with Crippen LogP contribution in [0.1, 0.15) is 22.3 Å². The molecule has 0 saturated carbocycles. The number of hydrogen-bond acceptors (Lipinski definition) is 5. The molecule has 8 aromatic carbocycles. The van der Waals surface area contributed by atoms with Crippen LogP contribution in [0, 0.1) is 0 Å². The fraction of sp³-hybridized carbons (Fsp3) is 0.0175. The van der Waals surface area contributed by atoms with E-state index >= 15 is 0 Å². The molecule has 0 fully saturated rings. The highest BCUT2D eigenvalue weighted by atomic mass is 32.1. The first-order chi connectivity index (χ1) is 30.7. The Morgan fingerprint density at radius 2 is 0.871 bits per heavy atom. The molecule has 4 nitrogen and oxygen atoms in total. The lowest BCUT2D eigenvalue weighted by molar-refractivity contribution is 0.777. The first-order valence-electron chi connectivity index (χ1n) is 20.9. The summed E-state index contributed by atoms with van der Waals surface area (Å²) in [6.45, 7) is 0. The molecular formula is C57H34N4S. The number of aromatic nitrogens is 4. The SMILES string of the molecule is c1ccc(-c2cc(-c3ccc4c(c3)C3(c5ccccc5-c5ccccc5-4)c4ccccc4-c4cc5c(cc43)sc3ccccc35)nc(-c3cnc(-c4ccccc4)nc3)n2)cc1. The Kier molecular flexibility index (Phi) is 7.66. The van der Waals surface area contributed by atoms with Crippen LogP contribution in [0.2, 0.25) is 0 Å². The van der Waals surface area contributed by atoms with Gasteiger partial charge in [0.2, 0.25) is 0 Å². The van der Waals surface area contributed by atoms with Crippen molar-refractivity contribution in [2.75, 3.05) is 0 Å². The Morgan fingerprint density at radius 3 is 1.58 bits per heavy atom. The molecule has 0 bridgehead atoms. The van der Waals surface area contributed by atoms with Crippen molar-refractivity contribution < 1.29 is 0 Å². The summed E-state index contributed by atoms with van der Waals surface area (Å²) in [5.74, 6) is 1.24. The predicted molar refractivity (Wildman–Crippen MR) is 254 cm³/mol. The standard InChI is InChI=1S/C57H34N4S/c1-3-15-35(16-4-1)51-32-52(61-56(60-51)38-33-58-55(59-34-38)36-17-5-2-6-18-36)37-27-28-43-40-20-8-7-19-39(40)41-21-9-12-24-47(41)57(49(43)29-37)48-25-13-10-22-42(48)45-30-46-44-23-11-14-26-53(44)62-54(46)31-50(45)57/h1-34H. The summed E-state index contributed by atoms with van der Waals surface area (Å²) < 4.78 is 2.60. The van der Waals surface area contributed by atoms with E-state index in [1.165, 1.54) is 75.8 Å². The van der Waals surface area contributed by atoms with Crippen molar-refractivity contribution in [2.24, 2.45) is 0 Å². The Balaban J connectivity index is 1.10. The van der Waals surface area contributed by atoms with Crippen molar-refractivity contribution in [1.82, 2.24) is 19.9 Å². The molecule has 11 aromatic rings. The van der Waals surface area contributed by atoms with Gasteiger partial charge < -0.3 is 0 Å². The molecule has 0 aliphatic heterocycles. The molecule has 5 heteroatoms. The maximum absolute atomic E-state index is 5.34. The molecule has 1 atom stereocenters. The van der Waals surface area contributed by atoms with E-state index < -0.39 is 5.41 Å². The Labute approximate surface area is 362 Å². The summed E-state index contributed by atoms with van der Waals surface area (Å²) in [5, 5.41) is 2.61. The molecular weight excluding hydrogens is 773 g/mol. The van der Waals surface area contributed by atoms with Gasteiger partial charge in [0.05, 0.1) is 22.4 Å². The van der Waals surface area contributed by atoms with E-state index in [9.17, 15) is 0 Å². The summed E-state index contributed by atoms with van der Waals surface area (Å²) in [4.78, 5) is 20.0. The summed E-state index contributed by atoms with van der Waals surface area (Å²) in [6.07, 6.45) is 3.68. The second-order valence-corrected chi connectivity index (χ2v) is 17.2. The van der Waals surface area contributed by atoms with Crippen LogP contribution < -0.4 is 0 Å². The summed E-state index contributed by atoms with van der Waals surface area (Å²) in [5.41, 5.74) is 17.3. The lowest BCUT2D eigenvalue weighted by atomic mass is 9.65. The third-order valence-electron chi connectivity index (χ3n) is 12.8. The third-order valence-corrected chi connectivity index (χ3v) is 14.0. The first kappa shape index (κ1) is 34.9. The fourth-order valence-electron chi connectivity index (χ4n) is 10.1. The Bertz CT molecular complexity index is 3580. The van der Waals surface area contributed by atoms with Crippen molar-refractivity contribution in [3.8, 4) is 78.7 Å². The van der Waals surface area contributed by atoms with Crippen LogP contribution in [0.25, 0.3) is 98.8 Å². The second kappa shape index (κ2) is 13.6. The van der Waals surface area contributed by atoms with Crippen molar-refractivity contribution in [1.29, 1.82) is 0 Å². The number of hydrogen-bond donors (Lipinski definition) is 0. The van der Waals surface area contributed by atoms with Crippen molar-refractivity contribution >= 4 is 31.5 Å². The number of rotatable bonds is 4. The van der Waals surface area contributed by atoms with Crippen LogP contribution in [-0.2, 0) is 5.41 Å². The quantitative estimate of drug-likeness (QED) is 0.178. The van der Waals surface area contributed by atoms with Crippen molar-refractivity contribution in [2.45, 2.75) is 5.41 Å². The van der Waals surface area contributed by atoms with Gasteiger partial charge in [-0.15, -0.1) is 11.3 Å². The second-order valence-electron chi connectivity index (χ2n) is 16.1. The van der Waals surface area contributed by atoms with E-state index in [0.29, 0.717) is 11.6 Å². The zero-order valence-electron chi connectivity index (χ0n) is 33.3. The summed E-state index contributed by atoms with van der Waals surface area (Å²) >= 11 is 1.88. The lowest BCUT2D eigenvalue weighted by Crippen LogP contribution is -2.29. The van der Waals surface area contributed by atoms with Crippen LogP contribution in [-0.4, -0.2) is 19.9 Å². The molecule has 1 unspecified atom stereocenters. The molecule has 1 spiro atoms. The zero-order valence-corrected chi connectivity index (χ0v) is 34.1. The molecule has 0 saturated heterocycles. The van der Waals surface area contributed by atoms with Crippen molar-refractivity contribution in [3.05, 3.63) is 229 Å². The molecule has 288 valence electrons. The van der Waals surface area contributed by atoms with Gasteiger partial charge in [-0.1, -0.05) is 164 Å². The van der Waals surface area contributed by atoms with Gasteiger partial charge in [-0.05, 0) is 86.0 Å². The van der Waals surface area contributed by atoms with Gasteiger partial charge in [0.25, 0.3) is 0 Å². The molecule has 2 aliphatic rings. The molecule has 0 amide bonds. The molecule has 0 radical (unpaired) electrons. The van der Waals surface area contributed by atoms with Crippen LogP contribution in [0.15, 0.2) is 207 Å². The van der Waals surface area contributed by atoms with E-state index in [1.807, 2.05) is 60.1 Å². The molecule has 0 N–H and O–H groups in total. The average molecular weight is 807 g/mol. The monoisotopic (exact) mass is 806 g/mol. The molecule has 13 rings (SSSR count).